The van der Waals surface area contributed by atoms with E-state index in [0.29, 0.717) is 0 Å². The molecule has 0 aliphatic carbocycles. The van der Waals surface area contributed by atoms with Crippen molar-refractivity contribution in [3.8, 4) is 55.6 Å². The van der Waals surface area contributed by atoms with Gasteiger partial charge in [0.05, 0.1) is 11.4 Å². The number of furan rings is 1. The Balaban J connectivity index is 1.08. The summed E-state index contributed by atoms with van der Waals surface area (Å²) in [6, 6.07) is 89.7. The number of nitrogens with zero attached hydrogens (tertiary/aromatic N) is 1. The molecular weight excluding hydrogens is 775 g/mol. The van der Waals surface area contributed by atoms with E-state index in [9.17, 15) is 0 Å². The number of para-hydroxylation sites is 4. The Morgan fingerprint density at radius 3 is 1.45 bits per heavy atom. The van der Waals surface area contributed by atoms with Crippen molar-refractivity contribution < 1.29 is 4.42 Å². The van der Waals surface area contributed by atoms with Crippen LogP contribution in [0.1, 0.15) is 0 Å². The Kier molecular flexibility index (Phi) is 9.20. The Bertz CT molecular complexity index is 3670. The highest BCUT2D eigenvalue weighted by Crippen LogP contribution is 2.49. The number of hydrogen-bond acceptors (Lipinski definition) is 2. The summed E-state index contributed by atoms with van der Waals surface area (Å²) < 4.78 is 6.70. The molecule has 0 fully saturated rings. The van der Waals surface area contributed by atoms with E-state index in [4.69, 9.17) is 4.42 Å². The lowest BCUT2D eigenvalue weighted by atomic mass is 9.88. The van der Waals surface area contributed by atoms with Crippen molar-refractivity contribution in [2.75, 3.05) is 4.90 Å². The normalized spacial score (nSPS) is 11.4. The molecule has 0 atom stereocenters. The molecule has 12 rings (SSSR count). The van der Waals surface area contributed by atoms with Crippen molar-refractivity contribution in [2.45, 2.75) is 0 Å². The molecule has 0 N–H and O–H groups in total. The van der Waals surface area contributed by atoms with Crippen LogP contribution in [0.3, 0.4) is 0 Å². The first-order valence-electron chi connectivity index (χ1n) is 21.9. The lowest BCUT2D eigenvalue weighted by molar-refractivity contribution is 0.670. The van der Waals surface area contributed by atoms with E-state index in [0.717, 1.165) is 61.3 Å². The third kappa shape index (κ3) is 6.35. The fourth-order valence-electron chi connectivity index (χ4n) is 9.78. The summed E-state index contributed by atoms with van der Waals surface area (Å²) in [4.78, 5) is 2.44. The first kappa shape index (κ1) is 37.3. The van der Waals surface area contributed by atoms with Crippen molar-refractivity contribution in [2.24, 2.45) is 0 Å². The minimum Gasteiger partial charge on any atom is -0.455 e. The highest BCUT2D eigenvalue weighted by molar-refractivity contribution is 6.14. The van der Waals surface area contributed by atoms with Crippen molar-refractivity contribution >= 4 is 60.5 Å². The van der Waals surface area contributed by atoms with Crippen LogP contribution >= 0.6 is 0 Å². The van der Waals surface area contributed by atoms with Crippen molar-refractivity contribution in [1.82, 2.24) is 0 Å². The van der Waals surface area contributed by atoms with Gasteiger partial charge in [-0.15, -0.1) is 0 Å². The Hall–Kier alpha value is -8.46. The molecule has 64 heavy (non-hydrogen) atoms. The number of hydrogen-bond donors (Lipinski definition) is 0. The molecule has 0 saturated heterocycles. The topological polar surface area (TPSA) is 16.4 Å². The second-order valence-electron chi connectivity index (χ2n) is 16.3. The fourth-order valence-corrected chi connectivity index (χ4v) is 9.78. The molecule has 2 nitrogen and oxygen atoms in total. The Labute approximate surface area is 372 Å². The van der Waals surface area contributed by atoms with Crippen LogP contribution in [0.5, 0.6) is 0 Å². The van der Waals surface area contributed by atoms with E-state index in [-0.39, 0.29) is 0 Å². The van der Waals surface area contributed by atoms with Gasteiger partial charge in [0.15, 0.2) is 0 Å². The number of anilines is 3. The number of benzene rings is 11. The van der Waals surface area contributed by atoms with Crippen molar-refractivity contribution in [3.05, 3.63) is 249 Å². The van der Waals surface area contributed by atoms with Crippen molar-refractivity contribution in [3.63, 3.8) is 0 Å². The summed E-state index contributed by atoms with van der Waals surface area (Å²) in [5.74, 6) is 0. The Morgan fingerprint density at radius 1 is 0.266 bits per heavy atom. The zero-order valence-corrected chi connectivity index (χ0v) is 35.0. The van der Waals surface area contributed by atoms with E-state index < -0.39 is 0 Å². The largest absolute Gasteiger partial charge is 0.455 e. The molecule has 0 radical (unpaired) electrons. The zero-order chi connectivity index (χ0) is 42.4. The van der Waals surface area contributed by atoms with E-state index in [1.165, 1.54) is 54.9 Å². The molecule has 0 aliphatic rings. The molecule has 1 heterocycles. The van der Waals surface area contributed by atoms with Gasteiger partial charge in [-0.25, -0.2) is 0 Å². The zero-order valence-electron chi connectivity index (χ0n) is 35.0. The van der Waals surface area contributed by atoms with Crippen LogP contribution < -0.4 is 4.90 Å². The average Bonchev–Trinajstić information content (AvgIpc) is 3.76. The summed E-state index contributed by atoms with van der Waals surface area (Å²) in [6.07, 6.45) is 0. The molecule has 0 amide bonds. The second kappa shape index (κ2) is 15.8. The molecule has 0 bridgehead atoms. The van der Waals surface area contributed by atoms with Gasteiger partial charge in [0.2, 0.25) is 0 Å². The van der Waals surface area contributed by atoms with Gasteiger partial charge in [-0.3, -0.25) is 0 Å². The molecule has 1 aromatic heterocycles. The maximum atomic E-state index is 6.70. The quantitative estimate of drug-likeness (QED) is 0.142. The fraction of sp³-hybridized carbons (Fsp3) is 0. The van der Waals surface area contributed by atoms with Gasteiger partial charge in [-0.2, -0.15) is 0 Å². The standard InChI is InChI=1S/C62H41NO/c1-2-19-42(20-3-1)46-22-6-7-24-48(46)50-26-9-10-27-51(50)53-29-12-15-34-59(53)63(60-35-16-13-30-54(60)56-32-18-33-57-55-31-14-17-36-61(55)64-62(56)57)45-39-37-43(38-40-45)58-41-44-21-4-5-23-47(44)49-25-8-11-28-52(49)58/h1-41H. The highest BCUT2D eigenvalue weighted by atomic mass is 16.3. The van der Waals surface area contributed by atoms with E-state index >= 15 is 0 Å². The third-order valence-corrected chi connectivity index (χ3v) is 12.7. The van der Waals surface area contributed by atoms with Crippen LogP contribution in [-0.4, -0.2) is 0 Å². The first-order valence-corrected chi connectivity index (χ1v) is 21.9. The predicted octanol–water partition coefficient (Wildman–Crippen LogP) is 17.7. The molecule has 300 valence electrons. The van der Waals surface area contributed by atoms with Gasteiger partial charge in [0, 0.05) is 33.2 Å². The number of rotatable bonds is 8. The minimum absolute atomic E-state index is 0.880. The Morgan fingerprint density at radius 2 is 0.734 bits per heavy atom. The van der Waals surface area contributed by atoms with Crippen LogP contribution in [0, 0.1) is 0 Å². The summed E-state index contributed by atoms with van der Waals surface area (Å²) in [5.41, 5.74) is 16.5. The molecule has 11 aromatic carbocycles. The van der Waals surface area contributed by atoms with E-state index in [1.807, 2.05) is 6.07 Å². The SMILES string of the molecule is c1ccc(-c2ccccc2-c2ccccc2-c2ccccc2N(c2ccc(-c3cc4ccccc4c4ccccc34)cc2)c2ccccc2-c2cccc3c2oc2ccccc23)cc1. The van der Waals surface area contributed by atoms with Crippen molar-refractivity contribution in [1.29, 1.82) is 0 Å². The molecule has 0 aliphatic heterocycles. The smallest absolute Gasteiger partial charge is 0.143 e. The monoisotopic (exact) mass is 815 g/mol. The lowest BCUT2D eigenvalue weighted by Crippen LogP contribution is -2.12. The van der Waals surface area contributed by atoms with Crippen LogP contribution in [0.25, 0.3) is 99.1 Å². The number of fused-ring (bicyclic) bond motifs is 6. The summed E-state index contributed by atoms with van der Waals surface area (Å²) >= 11 is 0. The highest BCUT2D eigenvalue weighted by Gasteiger charge is 2.24. The summed E-state index contributed by atoms with van der Waals surface area (Å²) in [6.45, 7) is 0. The summed E-state index contributed by atoms with van der Waals surface area (Å²) in [5, 5.41) is 7.22. The maximum Gasteiger partial charge on any atom is 0.143 e. The van der Waals surface area contributed by atoms with Crippen LogP contribution in [0.4, 0.5) is 17.1 Å². The molecular formula is C62H41NO. The summed E-state index contributed by atoms with van der Waals surface area (Å²) in [7, 11) is 0. The van der Waals surface area contributed by atoms with Crippen LogP contribution in [-0.2, 0) is 0 Å². The van der Waals surface area contributed by atoms with Gasteiger partial charge in [0.25, 0.3) is 0 Å². The predicted molar refractivity (Wildman–Crippen MR) is 271 cm³/mol. The molecule has 0 spiro atoms. The van der Waals surface area contributed by atoms with E-state index in [2.05, 4.69) is 248 Å². The van der Waals surface area contributed by atoms with Gasteiger partial charge in [0.1, 0.15) is 11.2 Å². The molecule has 0 unspecified atom stereocenters. The maximum absolute atomic E-state index is 6.70. The minimum atomic E-state index is 0.880. The van der Waals surface area contributed by atoms with Crippen LogP contribution in [0.15, 0.2) is 253 Å². The van der Waals surface area contributed by atoms with E-state index in [1.54, 1.807) is 0 Å². The van der Waals surface area contributed by atoms with Crippen LogP contribution in [0.2, 0.25) is 0 Å². The first-order chi connectivity index (χ1) is 31.8. The molecule has 0 saturated carbocycles. The van der Waals surface area contributed by atoms with Gasteiger partial charge >= 0.3 is 0 Å². The van der Waals surface area contributed by atoms with Gasteiger partial charge in [-0.1, -0.05) is 212 Å². The second-order valence-corrected chi connectivity index (χ2v) is 16.3. The van der Waals surface area contributed by atoms with Gasteiger partial charge < -0.3 is 9.32 Å². The molecule has 2 heteroatoms. The molecule has 12 aromatic rings. The average molecular weight is 816 g/mol. The lowest BCUT2D eigenvalue weighted by Gasteiger charge is -2.30. The third-order valence-electron chi connectivity index (χ3n) is 12.7. The van der Waals surface area contributed by atoms with Gasteiger partial charge in [-0.05, 0) is 96.9 Å².